The van der Waals surface area contributed by atoms with E-state index >= 15 is 0 Å². The third kappa shape index (κ3) is 6.19. The normalized spacial score (nSPS) is 11.2. The number of rotatable bonds is 8. The molecule has 0 spiro atoms. The number of ether oxygens (including phenoxy) is 1. The van der Waals surface area contributed by atoms with Crippen molar-refractivity contribution in [1.29, 1.82) is 0 Å². The van der Waals surface area contributed by atoms with Gasteiger partial charge >= 0.3 is 0 Å². The number of thiocarbonyl (C=S) groups is 1. The second-order valence-electron chi connectivity index (χ2n) is 6.32. The molecule has 0 bridgehead atoms. The number of carbonyl (C=O) groups excluding carboxylic acids is 1. The van der Waals surface area contributed by atoms with Crippen LogP contribution < -0.4 is 15.9 Å². The number of hydrogen-bond acceptors (Lipinski definition) is 6. The minimum atomic E-state index is -0.0441. The lowest BCUT2D eigenvalue weighted by Crippen LogP contribution is -2.25. The molecule has 8 nitrogen and oxygen atoms in total. The molecule has 3 aromatic rings. The van der Waals surface area contributed by atoms with Crippen molar-refractivity contribution in [2.75, 3.05) is 0 Å². The van der Waals surface area contributed by atoms with E-state index in [0.29, 0.717) is 17.0 Å². The Kier molecular flexibility index (Phi) is 7.26. The summed E-state index contributed by atoms with van der Waals surface area (Å²) in [6.45, 7) is 2.19. The molecule has 0 saturated carbocycles. The number of benzene rings is 2. The molecule has 0 unspecified atom stereocenters. The third-order valence-electron chi connectivity index (χ3n) is 4.05. The van der Waals surface area contributed by atoms with E-state index in [4.69, 9.17) is 22.7 Å². The Balaban J connectivity index is 1.54. The van der Waals surface area contributed by atoms with Gasteiger partial charge < -0.3 is 10.5 Å². The molecule has 2 aromatic carbocycles. The number of ketones is 1. The first-order valence-corrected chi connectivity index (χ1v) is 10.1. The minimum Gasteiger partial charge on any atom is -0.487 e. The lowest BCUT2D eigenvalue weighted by Gasteiger charge is -2.06. The van der Waals surface area contributed by atoms with Gasteiger partial charge in [-0.05, 0) is 61.1 Å². The molecule has 0 amide bonds. The van der Waals surface area contributed by atoms with Gasteiger partial charge in [-0.25, -0.2) is 4.68 Å². The van der Waals surface area contributed by atoms with Crippen LogP contribution in [0.2, 0.25) is 0 Å². The lowest BCUT2D eigenvalue weighted by molar-refractivity contribution is 0.0967. The summed E-state index contributed by atoms with van der Waals surface area (Å²) in [5, 5.41) is 12.2. The molecule has 1 aromatic heterocycles. The number of carbonyl (C=O) groups is 1. The van der Waals surface area contributed by atoms with Crippen LogP contribution in [0.5, 0.6) is 5.75 Å². The summed E-state index contributed by atoms with van der Waals surface area (Å²) >= 11 is 8.08. The Labute approximate surface area is 187 Å². The van der Waals surface area contributed by atoms with Crippen molar-refractivity contribution in [3.8, 4) is 5.75 Å². The zero-order valence-corrected chi connectivity index (χ0v) is 18.5. The van der Waals surface area contributed by atoms with Crippen LogP contribution in [0.25, 0.3) is 0 Å². The van der Waals surface area contributed by atoms with Gasteiger partial charge in [0.15, 0.2) is 10.9 Å². The fourth-order valence-electron chi connectivity index (χ4n) is 2.51. The quantitative estimate of drug-likeness (QED) is 0.218. The maximum absolute atomic E-state index is 12.3. The first kappa shape index (κ1) is 21.6. The number of hydrazone groups is 1. The second kappa shape index (κ2) is 10.1. The van der Waals surface area contributed by atoms with Crippen molar-refractivity contribution in [2.45, 2.75) is 20.1 Å². The molecule has 0 aliphatic heterocycles. The molecule has 0 radical (unpaired) electrons. The van der Waals surface area contributed by atoms with Crippen LogP contribution in [-0.2, 0) is 13.2 Å². The summed E-state index contributed by atoms with van der Waals surface area (Å²) in [7, 11) is 0. The number of nitrogens with zero attached hydrogens (tertiary/aromatic N) is 4. The van der Waals surface area contributed by atoms with E-state index < -0.39 is 0 Å². The molecule has 3 N–H and O–H groups in total. The maximum atomic E-state index is 12.3. The molecule has 0 aliphatic rings. The molecular weight excluding hydrogens is 468 g/mol. The van der Waals surface area contributed by atoms with Crippen LogP contribution in [0.15, 0.2) is 64.3 Å². The van der Waals surface area contributed by atoms with Crippen molar-refractivity contribution >= 4 is 44.8 Å². The molecule has 0 aliphatic carbocycles. The largest absolute Gasteiger partial charge is 0.487 e. The number of Topliss-reactive ketones (excluding diaryl/α,β-unsaturated/α-hetero) is 1. The van der Waals surface area contributed by atoms with Gasteiger partial charge in [0.1, 0.15) is 24.6 Å². The summed E-state index contributed by atoms with van der Waals surface area (Å²) in [6, 6.07) is 14.6. The molecule has 0 saturated heterocycles. The summed E-state index contributed by atoms with van der Waals surface area (Å²) in [6.07, 6.45) is 1.70. The van der Waals surface area contributed by atoms with Crippen molar-refractivity contribution < 1.29 is 9.53 Å². The standard InChI is InChI=1S/C20H19BrN6O2S/c1-13(23-25-20(22)30)14-4-8-18(9-5-14)29-12-17-10-27(26-24-17)11-19(28)15-2-6-16(21)7-3-15/h2-10H,11-12H2,1H3,(H3,22,25,30)/b23-13-. The Morgan fingerprint density at radius 1 is 1.20 bits per heavy atom. The molecule has 10 heteroatoms. The Morgan fingerprint density at radius 3 is 2.53 bits per heavy atom. The highest BCUT2D eigenvalue weighted by atomic mass is 79.9. The van der Waals surface area contributed by atoms with Crippen LogP contribution >= 0.6 is 28.1 Å². The topological polar surface area (TPSA) is 107 Å². The third-order valence-corrected chi connectivity index (χ3v) is 4.67. The monoisotopic (exact) mass is 486 g/mol. The van der Waals surface area contributed by atoms with Gasteiger partial charge in [-0.1, -0.05) is 33.3 Å². The van der Waals surface area contributed by atoms with Crippen molar-refractivity contribution in [1.82, 2.24) is 20.4 Å². The van der Waals surface area contributed by atoms with Gasteiger partial charge in [-0.3, -0.25) is 10.2 Å². The van der Waals surface area contributed by atoms with E-state index in [1.165, 1.54) is 4.68 Å². The highest BCUT2D eigenvalue weighted by molar-refractivity contribution is 9.10. The number of aromatic nitrogens is 3. The Bertz CT molecular complexity index is 1060. The average molecular weight is 487 g/mol. The van der Waals surface area contributed by atoms with Crippen LogP contribution in [-0.4, -0.2) is 31.6 Å². The van der Waals surface area contributed by atoms with E-state index in [1.54, 1.807) is 18.3 Å². The molecule has 0 fully saturated rings. The van der Waals surface area contributed by atoms with E-state index in [1.807, 2.05) is 43.3 Å². The predicted molar refractivity (Wildman–Crippen MR) is 121 cm³/mol. The fourth-order valence-corrected chi connectivity index (χ4v) is 2.82. The van der Waals surface area contributed by atoms with E-state index in [2.05, 4.69) is 36.8 Å². The highest BCUT2D eigenvalue weighted by Gasteiger charge is 2.09. The Morgan fingerprint density at radius 2 is 1.87 bits per heavy atom. The molecular formula is C20H19BrN6O2S. The molecule has 0 atom stereocenters. The highest BCUT2D eigenvalue weighted by Crippen LogP contribution is 2.15. The van der Waals surface area contributed by atoms with Crippen molar-refractivity contribution in [3.63, 3.8) is 0 Å². The zero-order valence-electron chi connectivity index (χ0n) is 16.1. The Hall–Kier alpha value is -3.11. The second-order valence-corrected chi connectivity index (χ2v) is 7.68. The van der Waals surface area contributed by atoms with E-state index in [-0.39, 0.29) is 24.0 Å². The fraction of sp³-hybridized carbons (Fsp3) is 0.150. The number of nitrogens with one attached hydrogen (secondary N) is 1. The van der Waals surface area contributed by atoms with Gasteiger partial charge in [0.2, 0.25) is 0 Å². The van der Waals surface area contributed by atoms with Gasteiger partial charge in [-0.15, -0.1) is 5.10 Å². The van der Waals surface area contributed by atoms with Gasteiger partial charge in [0.25, 0.3) is 0 Å². The number of nitrogens with two attached hydrogens (primary N) is 1. The number of hydrogen-bond donors (Lipinski definition) is 2. The molecule has 30 heavy (non-hydrogen) atoms. The van der Waals surface area contributed by atoms with Gasteiger partial charge in [0.05, 0.1) is 11.9 Å². The van der Waals surface area contributed by atoms with Crippen LogP contribution in [0.3, 0.4) is 0 Å². The average Bonchev–Trinajstić information content (AvgIpc) is 3.18. The smallest absolute Gasteiger partial charge is 0.184 e. The van der Waals surface area contributed by atoms with Gasteiger partial charge in [0, 0.05) is 10.0 Å². The summed E-state index contributed by atoms with van der Waals surface area (Å²) in [4.78, 5) is 12.3. The van der Waals surface area contributed by atoms with E-state index in [0.717, 1.165) is 15.7 Å². The molecule has 1 heterocycles. The predicted octanol–water partition coefficient (Wildman–Crippen LogP) is 3.06. The van der Waals surface area contributed by atoms with Gasteiger partial charge in [-0.2, -0.15) is 5.10 Å². The SMILES string of the molecule is C/C(=N/NC(N)=S)c1ccc(OCc2cn(CC(=O)c3ccc(Br)cc3)nn2)cc1. The van der Waals surface area contributed by atoms with Crippen LogP contribution in [0, 0.1) is 0 Å². The minimum absolute atomic E-state index is 0.0441. The van der Waals surface area contributed by atoms with Crippen molar-refractivity contribution in [3.05, 3.63) is 76.0 Å². The van der Waals surface area contributed by atoms with E-state index in [9.17, 15) is 4.79 Å². The first-order valence-electron chi connectivity index (χ1n) is 8.91. The van der Waals surface area contributed by atoms with Crippen LogP contribution in [0.4, 0.5) is 0 Å². The summed E-state index contributed by atoms with van der Waals surface area (Å²) < 4.78 is 8.16. The van der Waals surface area contributed by atoms with Crippen LogP contribution in [0.1, 0.15) is 28.5 Å². The summed E-state index contributed by atoms with van der Waals surface area (Å²) in [5.74, 6) is 0.631. The number of halogens is 1. The lowest BCUT2D eigenvalue weighted by atomic mass is 10.1. The zero-order chi connectivity index (χ0) is 21.5. The first-order chi connectivity index (χ1) is 14.4. The maximum Gasteiger partial charge on any atom is 0.184 e. The molecule has 3 rings (SSSR count). The summed E-state index contributed by atoms with van der Waals surface area (Å²) in [5.41, 5.74) is 10.8. The molecule has 154 valence electrons. The van der Waals surface area contributed by atoms with Crippen molar-refractivity contribution in [2.24, 2.45) is 10.8 Å².